The smallest absolute Gasteiger partial charge is 0.414 e. The minimum absolute atomic E-state index is 0.103. The lowest BCUT2D eigenvalue weighted by molar-refractivity contribution is -0.159. The van der Waals surface area contributed by atoms with Crippen LogP contribution in [0, 0.1) is 0 Å². The van der Waals surface area contributed by atoms with Crippen LogP contribution in [0.25, 0.3) is 21.8 Å². The lowest BCUT2D eigenvalue weighted by Gasteiger charge is -2.34. The Hall–Kier alpha value is -4.24. The number of piperazine rings is 1. The van der Waals surface area contributed by atoms with E-state index in [2.05, 4.69) is 63.8 Å². The molecule has 0 radical (unpaired) electrons. The highest BCUT2D eigenvalue weighted by Crippen LogP contribution is 2.30. The number of pyridine rings is 1. The fourth-order valence-electron chi connectivity index (χ4n) is 4.58. The van der Waals surface area contributed by atoms with Gasteiger partial charge in [0, 0.05) is 79.0 Å². The van der Waals surface area contributed by atoms with E-state index in [4.69, 9.17) is 19.8 Å². The van der Waals surface area contributed by atoms with Crippen molar-refractivity contribution >= 4 is 39.7 Å². The van der Waals surface area contributed by atoms with Crippen LogP contribution >= 0.6 is 0 Å². The fourth-order valence-corrected chi connectivity index (χ4v) is 4.58. The molecular formula is C27H28N4O5. The van der Waals surface area contributed by atoms with Crippen molar-refractivity contribution in [3.63, 3.8) is 0 Å². The molecule has 1 fully saturated rings. The van der Waals surface area contributed by atoms with E-state index in [1.165, 1.54) is 27.4 Å². The first-order valence-electron chi connectivity index (χ1n) is 11.8. The number of benzene rings is 2. The van der Waals surface area contributed by atoms with Gasteiger partial charge in [-0.2, -0.15) is 0 Å². The van der Waals surface area contributed by atoms with E-state index in [0.29, 0.717) is 0 Å². The molecule has 0 spiro atoms. The fraction of sp³-hybridized carbons (Fsp3) is 0.259. The Balaban J connectivity index is 0.000000455. The Labute approximate surface area is 208 Å². The summed E-state index contributed by atoms with van der Waals surface area (Å²) in [5.41, 5.74) is 4.65. The maximum absolute atomic E-state index is 12.6. The van der Waals surface area contributed by atoms with Crippen LogP contribution in [0.3, 0.4) is 0 Å². The van der Waals surface area contributed by atoms with Crippen LogP contribution < -0.4 is 0 Å². The van der Waals surface area contributed by atoms with Crippen molar-refractivity contribution in [2.45, 2.75) is 20.0 Å². The molecule has 2 N–H and O–H groups in total. The first-order chi connectivity index (χ1) is 17.4. The number of para-hydroxylation sites is 1. The van der Waals surface area contributed by atoms with Crippen LogP contribution in [0.4, 0.5) is 0 Å². The number of rotatable bonds is 4. The molecule has 1 aliphatic heterocycles. The zero-order chi connectivity index (χ0) is 25.7. The normalized spacial score (nSPS) is 13.9. The summed E-state index contributed by atoms with van der Waals surface area (Å²) in [7, 11) is 0. The lowest BCUT2D eigenvalue weighted by Crippen LogP contribution is -2.48. The molecular weight excluding hydrogens is 460 g/mol. The number of carbonyl (C=O) groups is 3. The topological polar surface area (TPSA) is 116 Å². The molecule has 5 rings (SSSR count). The van der Waals surface area contributed by atoms with Gasteiger partial charge in [-0.05, 0) is 42.8 Å². The van der Waals surface area contributed by atoms with E-state index < -0.39 is 11.9 Å². The lowest BCUT2D eigenvalue weighted by atomic mass is 10.1. The minimum Gasteiger partial charge on any atom is -0.473 e. The standard InChI is InChI=1S/C25H26N4O.C2H2O4/c1-2-29-23-6-4-3-5-21(23)22-17-19(7-8-24(22)29)18-27-13-15-28(16-14-27)25(30)20-9-11-26-12-10-20;3-1(4)2(5)6/h3-12,17H,2,13-16,18H2,1H3;(H,3,4)(H,5,6). The molecule has 0 saturated carbocycles. The van der Waals surface area contributed by atoms with Crippen molar-refractivity contribution in [1.29, 1.82) is 0 Å². The number of nitrogens with zero attached hydrogens (tertiary/aromatic N) is 4. The molecule has 186 valence electrons. The number of aliphatic carboxylic acids is 2. The van der Waals surface area contributed by atoms with Gasteiger partial charge in [0.05, 0.1) is 0 Å². The van der Waals surface area contributed by atoms with E-state index in [1.807, 2.05) is 4.90 Å². The molecule has 3 heterocycles. The number of hydrogen-bond donors (Lipinski definition) is 2. The molecule has 2 aromatic heterocycles. The number of carboxylic acids is 2. The van der Waals surface area contributed by atoms with E-state index in [9.17, 15) is 4.79 Å². The number of fused-ring (bicyclic) bond motifs is 3. The first kappa shape index (κ1) is 24.9. The van der Waals surface area contributed by atoms with E-state index in [0.717, 1.165) is 44.8 Å². The van der Waals surface area contributed by atoms with E-state index >= 15 is 0 Å². The molecule has 0 atom stereocenters. The molecule has 0 unspecified atom stereocenters. The summed E-state index contributed by atoms with van der Waals surface area (Å²) in [5, 5.41) is 17.4. The molecule has 4 aromatic rings. The van der Waals surface area contributed by atoms with Crippen LogP contribution in [0.1, 0.15) is 22.8 Å². The van der Waals surface area contributed by atoms with Crippen LogP contribution in [-0.2, 0) is 22.7 Å². The summed E-state index contributed by atoms with van der Waals surface area (Å²) >= 11 is 0. The van der Waals surface area contributed by atoms with Crippen molar-refractivity contribution in [3.8, 4) is 0 Å². The summed E-state index contributed by atoms with van der Waals surface area (Å²) < 4.78 is 2.39. The summed E-state index contributed by atoms with van der Waals surface area (Å²) in [6, 6.07) is 19.1. The van der Waals surface area contributed by atoms with Gasteiger partial charge in [0.2, 0.25) is 0 Å². The largest absolute Gasteiger partial charge is 0.473 e. The van der Waals surface area contributed by atoms with Crippen LogP contribution in [0.2, 0.25) is 0 Å². The molecule has 9 nitrogen and oxygen atoms in total. The van der Waals surface area contributed by atoms with Gasteiger partial charge in [0.1, 0.15) is 0 Å². The van der Waals surface area contributed by atoms with Crippen LogP contribution in [-0.4, -0.2) is 73.6 Å². The average molecular weight is 489 g/mol. The highest BCUT2D eigenvalue weighted by molar-refractivity contribution is 6.27. The SMILES string of the molecule is CCn1c2ccccc2c2cc(CN3CCN(C(=O)c4ccncc4)CC3)ccc21.O=C(O)C(=O)O. The maximum Gasteiger partial charge on any atom is 0.414 e. The number of aryl methyl sites for hydroxylation is 1. The van der Waals surface area contributed by atoms with Crippen molar-refractivity contribution < 1.29 is 24.6 Å². The predicted octanol–water partition coefficient (Wildman–Crippen LogP) is 3.32. The Bertz CT molecular complexity index is 1380. The zero-order valence-corrected chi connectivity index (χ0v) is 20.0. The van der Waals surface area contributed by atoms with Crippen molar-refractivity contribution in [2.75, 3.05) is 26.2 Å². The van der Waals surface area contributed by atoms with Crippen LogP contribution in [0.5, 0.6) is 0 Å². The summed E-state index contributed by atoms with van der Waals surface area (Å²) in [6.45, 7) is 7.40. The monoisotopic (exact) mass is 488 g/mol. The number of carbonyl (C=O) groups excluding carboxylic acids is 1. The quantitative estimate of drug-likeness (QED) is 0.423. The van der Waals surface area contributed by atoms with Crippen molar-refractivity contribution in [1.82, 2.24) is 19.4 Å². The molecule has 1 aliphatic rings. The molecule has 1 amide bonds. The zero-order valence-electron chi connectivity index (χ0n) is 20.0. The molecule has 1 saturated heterocycles. The Morgan fingerprint density at radius 1 is 0.833 bits per heavy atom. The molecule has 36 heavy (non-hydrogen) atoms. The second kappa shape index (κ2) is 11.0. The second-order valence-corrected chi connectivity index (χ2v) is 8.53. The third-order valence-corrected chi connectivity index (χ3v) is 6.33. The van der Waals surface area contributed by atoms with Crippen LogP contribution in [0.15, 0.2) is 67.0 Å². The number of amides is 1. The minimum atomic E-state index is -1.82. The van der Waals surface area contributed by atoms with Crippen molar-refractivity contribution in [2.24, 2.45) is 0 Å². The van der Waals surface area contributed by atoms with Gasteiger partial charge < -0.3 is 19.7 Å². The Morgan fingerprint density at radius 3 is 2.11 bits per heavy atom. The van der Waals surface area contributed by atoms with Gasteiger partial charge in [-0.15, -0.1) is 0 Å². The molecule has 2 aromatic carbocycles. The van der Waals surface area contributed by atoms with Crippen molar-refractivity contribution in [3.05, 3.63) is 78.1 Å². The van der Waals surface area contributed by atoms with Gasteiger partial charge in [-0.25, -0.2) is 9.59 Å². The van der Waals surface area contributed by atoms with E-state index in [1.54, 1.807) is 24.5 Å². The number of carboxylic acid groups (broad SMARTS) is 2. The maximum atomic E-state index is 12.6. The number of hydrogen-bond acceptors (Lipinski definition) is 5. The Morgan fingerprint density at radius 2 is 1.47 bits per heavy atom. The molecule has 0 aliphatic carbocycles. The Kier molecular flexibility index (Phi) is 7.60. The summed E-state index contributed by atoms with van der Waals surface area (Å²) in [5.74, 6) is -3.55. The van der Waals surface area contributed by atoms with Gasteiger partial charge in [-0.3, -0.25) is 14.7 Å². The summed E-state index contributed by atoms with van der Waals surface area (Å²) in [4.78, 5) is 39.2. The third-order valence-electron chi connectivity index (χ3n) is 6.33. The highest BCUT2D eigenvalue weighted by Gasteiger charge is 2.22. The summed E-state index contributed by atoms with van der Waals surface area (Å²) in [6.07, 6.45) is 3.35. The van der Waals surface area contributed by atoms with E-state index in [-0.39, 0.29) is 5.91 Å². The van der Waals surface area contributed by atoms with Gasteiger partial charge in [0.25, 0.3) is 5.91 Å². The van der Waals surface area contributed by atoms with Gasteiger partial charge in [0.15, 0.2) is 0 Å². The van der Waals surface area contributed by atoms with Gasteiger partial charge in [-0.1, -0.05) is 24.3 Å². The second-order valence-electron chi connectivity index (χ2n) is 8.53. The molecule has 9 heteroatoms. The first-order valence-corrected chi connectivity index (χ1v) is 11.8. The number of aromatic nitrogens is 2. The molecule has 0 bridgehead atoms. The average Bonchev–Trinajstić information content (AvgIpc) is 3.22. The highest BCUT2D eigenvalue weighted by atomic mass is 16.4. The third kappa shape index (κ3) is 5.36. The van der Waals surface area contributed by atoms with Gasteiger partial charge >= 0.3 is 11.9 Å². The predicted molar refractivity (Wildman–Crippen MR) is 136 cm³/mol.